The number of furan rings is 1. The van der Waals surface area contributed by atoms with E-state index in [4.69, 9.17) is 4.42 Å². The Morgan fingerprint density at radius 2 is 2.09 bits per heavy atom. The first-order valence-electron chi connectivity index (χ1n) is 6.79. The SMILES string of the molecule is Cc1ccc(/C=N\Nc2ncnc3c2oc2ccccc23)s1. The van der Waals surface area contributed by atoms with Crippen LogP contribution in [-0.4, -0.2) is 16.2 Å². The van der Waals surface area contributed by atoms with Crippen LogP contribution >= 0.6 is 11.3 Å². The number of nitrogens with zero attached hydrogens (tertiary/aromatic N) is 3. The fourth-order valence-electron chi connectivity index (χ4n) is 2.28. The molecule has 1 N–H and O–H groups in total. The van der Waals surface area contributed by atoms with E-state index in [1.807, 2.05) is 30.3 Å². The normalized spacial score (nSPS) is 11.7. The van der Waals surface area contributed by atoms with E-state index in [1.165, 1.54) is 11.2 Å². The van der Waals surface area contributed by atoms with Gasteiger partial charge in [0, 0.05) is 15.1 Å². The zero-order valence-electron chi connectivity index (χ0n) is 11.8. The lowest BCUT2D eigenvalue weighted by molar-refractivity contribution is 0.667. The Morgan fingerprint density at radius 3 is 2.95 bits per heavy atom. The Bertz CT molecular complexity index is 986. The van der Waals surface area contributed by atoms with Crippen LogP contribution < -0.4 is 5.43 Å². The second-order valence-electron chi connectivity index (χ2n) is 4.82. The summed E-state index contributed by atoms with van der Waals surface area (Å²) in [6, 6.07) is 11.9. The highest BCUT2D eigenvalue weighted by Gasteiger charge is 2.11. The maximum absolute atomic E-state index is 5.83. The zero-order valence-corrected chi connectivity index (χ0v) is 12.6. The lowest BCUT2D eigenvalue weighted by atomic mass is 10.2. The number of fused-ring (bicyclic) bond motifs is 3. The van der Waals surface area contributed by atoms with Gasteiger partial charge in [0.15, 0.2) is 11.4 Å². The summed E-state index contributed by atoms with van der Waals surface area (Å²) in [5.74, 6) is 0.561. The molecule has 0 saturated carbocycles. The molecule has 4 rings (SSSR count). The van der Waals surface area contributed by atoms with Crippen LogP contribution in [-0.2, 0) is 0 Å². The number of para-hydroxylation sites is 1. The van der Waals surface area contributed by atoms with Gasteiger partial charge in [0.2, 0.25) is 0 Å². The van der Waals surface area contributed by atoms with Crippen LogP contribution in [0.25, 0.3) is 22.1 Å². The minimum absolute atomic E-state index is 0.561. The smallest absolute Gasteiger partial charge is 0.197 e. The Balaban J connectivity index is 1.71. The fraction of sp³-hybridized carbons (Fsp3) is 0.0625. The van der Waals surface area contributed by atoms with Crippen molar-refractivity contribution in [2.75, 3.05) is 5.43 Å². The lowest BCUT2D eigenvalue weighted by Gasteiger charge is -1.98. The molecule has 0 bridgehead atoms. The molecule has 0 atom stereocenters. The summed E-state index contributed by atoms with van der Waals surface area (Å²) in [6.07, 6.45) is 3.28. The standard InChI is InChI=1S/C16H12N4OS/c1-10-6-7-11(22-10)8-19-20-16-15-14(17-9-18-16)12-4-2-3-5-13(12)21-15/h2-9H,1H3,(H,17,18,20)/b19-8-. The van der Waals surface area contributed by atoms with Crippen LogP contribution in [0.3, 0.4) is 0 Å². The minimum atomic E-state index is 0.561. The number of nitrogens with one attached hydrogen (secondary N) is 1. The van der Waals surface area contributed by atoms with E-state index < -0.39 is 0 Å². The van der Waals surface area contributed by atoms with E-state index in [1.54, 1.807) is 17.6 Å². The van der Waals surface area contributed by atoms with Crippen LogP contribution in [0.4, 0.5) is 5.82 Å². The summed E-state index contributed by atoms with van der Waals surface area (Å²) < 4.78 is 5.83. The predicted molar refractivity (Wildman–Crippen MR) is 89.6 cm³/mol. The molecule has 22 heavy (non-hydrogen) atoms. The maximum Gasteiger partial charge on any atom is 0.197 e. The molecule has 0 aliphatic rings. The van der Waals surface area contributed by atoms with E-state index in [2.05, 4.69) is 33.5 Å². The van der Waals surface area contributed by atoms with Crippen molar-refractivity contribution >= 4 is 45.4 Å². The van der Waals surface area contributed by atoms with Gasteiger partial charge in [0.25, 0.3) is 0 Å². The van der Waals surface area contributed by atoms with Gasteiger partial charge in [-0.3, -0.25) is 5.43 Å². The quantitative estimate of drug-likeness (QED) is 0.455. The van der Waals surface area contributed by atoms with Gasteiger partial charge in [0.1, 0.15) is 17.4 Å². The van der Waals surface area contributed by atoms with Gasteiger partial charge in [0.05, 0.1) is 6.21 Å². The molecule has 0 amide bonds. The molecule has 0 saturated heterocycles. The molecule has 5 nitrogen and oxygen atoms in total. The third kappa shape index (κ3) is 2.23. The molecule has 0 spiro atoms. The average molecular weight is 308 g/mol. The van der Waals surface area contributed by atoms with Crippen molar-refractivity contribution in [1.82, 2.24) is 9.97 Å². The number of aryl methyl sites for hydroxylation is 1. The van der Waals surface area contributed by atoms with E-state index >= 15 is 0 Å². The number of rotatable bonds is 3. The molecule has 0 unspecified atom stereocenters. The van der Waals surface area contributed by atoms with Gasteiger partial charge in [-0.1, -0.05) is 12.1 Å². The zero-order chi connectivity index (χ0) is 14.9. The van der Waals surface area contributed by atoms with Crippen molar-refractivity contribution in [1.29, 1.82) is 0 Å². The summed E-state index contributed by atoms with van der Waals surface area (Å²) >= 11 is 1.68. The molecule has 0 radical (unpaired) electrons. The van der Waals surface area contributed by atoms with Crippen molar-refractivity contribution < 1.29 is 4.42 Å². The molecule has 108 valence electrons. The molecule has 0 aliphatic heterocycles. The lowest BCUT2D eigenvalue weighted by Crippen LogP contribution is -1.94. The summed E-state index contributed by atoms with van der Waals surface area (Å²) in [4.78, 5) is 10.9. The Hall–Kier alpha value is -2.73. The molecular weight excluding hydrogens is 296 g/mol. The first-order chi connectivity index (χ1) is 10.8. The minimum Gasteiger partial charge on any atom is -0.450 e. The van der Waals surface area contributed by atoms with Crippen molar-refractivity contribution in [3.8, 4) is 0 Å². The highest BCUT2D eigenvalue weighted by Crippen LogP contribution is 2.30. The predicted octanol–water partition coefficient (Wildman–Crippen LogP) is 4.19. The summed E-state index contributed by atoms with van der Waals surface area (Å²) in [5.41, 5.74) is 5.13. The van der Waals surface area contributed by atoms with Crippen molar-refractivity contribution in [3.05, 3.63) is 52.5 Å². The third-order valence-corrected chi connectivity index (χ3v) is 4.22. The second-order valence-corrected chi connectivity index (χ2v) is 6.14. The van der Waals surface area contributed by atoms with Crippen molar-refractivity contribution in [2.45, 2.75) is 6.92 Å². The molecule has 1 aromatic carbocycles. The maximum atomic E-state index is 5.83. The van der Waals surface area contributed by atoms with Crippen LogP contribution in [0.5, 0.6) is 0 Å². The number of aromatic nitrogens is 2. The number of hydrazone groups is 1. The Labute approximate surface area is 130 Å². The second kappa shape index (κ2) is 5.23. The van der Waals surface area contributed by atoms with E-state index in [0.717, 1.165) is 21.4 Å². The molecule has 6 heteroatoms. The third-order valence-electron chi connectivity index (χ3n) is 3.28. The molecule has 0 fully saturated rings. The van der Waals surface area contributed by atoms with Gasteiger partial charge in [-0.25, -0.2) is 9.97 Å². The Morgan fingerprint density at radius 1 is 1.18 bits per heavy atom. The number of anilines is 1. The molecule has 4 aromatic rings. The highest BCUT2D eigenvalue weighted by atomic mass is 32.1. The number of thiophene rings is 1. The van der Waals surface area contributed by atoms with Gasteiger partial charge < -0.3 is 4.42 Å². The van der Waals surface area contributed by atoms with E-state index in [9.17, 15) is 0 Å². The molecule has 3 heterocycles. The molecular formula is C16H12N4OS. The van der Waals surface area contributed by atoms with Crippen LogP contribution in [0.1, 0.15) is 9.75 Å². The van der Waals surface area contributed by atoms with Crippen molar-refractivity contribution in [2.24, 2.45) is 5.10 Å². The first kappa shape index (κ1) is 13.0. The monoisotopic (exact) mass is 308 g/mol. The fourth-order valence-corrected chi connectivity index (χ4v) is 3.03. The Kier molecular flexibility index (Phi) is 3.08. The number of hydrogen-bond acceptors (Lipinski definition) is 6. The summed E-state index contributed by atoms with van der Waals surface area (Å²) in [6.45, 7) is 2.07. The molecule has 3 aromatic heterocycles. The van der Waals surface area contributed by atoms with Crippen molar-refractivity contribution in [3.63, 3.8) is 0 Å². The average Bonchev–Trinajstić information content (AvgIpc) is 3.11. The molecule has 0 aliphatic carbocycles. The van der Waals surface area contributed by atoms with Gasteiger partial charge in [-0.2, -0.15) is 5.10 Å². The topological polar surface area (TPSA) is 63.3 Å². The largest absolute Gasteiger partial charge is 0.450 e. The van der Waals surface area contributed by atoms with Crippen LogP contribution in [0, 0.1) is 6.92 Å². The first-order valence-corrected chi connectivity index (χ1v) is 7.61. The van der Waals surface area contributed by atoms with Gasteiger partial charge in [-0.15, -0.1) is 11.3 Å². The van der Waals surface area contributed by atoms with Gasteiger partial charge >= 0.3 is 0 Å². The van der Waals surface area contributed by atoms with Gasteiger partial charge in [-0.05, 0) is 31.2 Å². The van der Waals surface area contributed by atoms with Crippen LogP contribution in [0.2, 0.25) is 0 Å². The number of hydrogen-bond donors (Lipinski definition) is 1. The van der Waals surface area contributed by atoms with E-state index in [0.29, 0.717) is 11.4 Å². The highest BCUT2D eigenvalue weighted by molar-refractivity contribution is 7.13. The summed E-state index contributed by atoms with van der Waals surface area (Å²) in [7, 11) is 0. The van der Waals surface area contributed by atoms with Crippen LogP contribution in [0.15, 0.2) is 52.2 Å². The summed E-state index contributed by atoms with van der Waals surface area (Å²) in [5, 5.41) is 5.20. The number of benzene rings is 1. The van der Waals surface area contributed by atoms with E-state index in [-0.39, 0.29) is 0 Å².